The van der Waals surface area contributed by atoms with Crippen LogP contribution in [0.1, 0.15) is 30.0 Å². The Balaban J connectivity index is 1.76. The van der Waals surface area contributed by atoms with Gasteiger partial charge in [0.15, 0.2) is 0 Å². The molecular formula is C21H19BrN4. The molecular weight excluding hydrogens is 388 g/mol. The van der Waals surface area contributed by atoms with E-state index in [1.54, 1.807) is 12.4 Å². The number of hydrogen-bond donors (Lipinski definition) is 0. The molecule has 5 heteroatoms. The first-order valence-electron chi connectivity index (χ1n) is 8.68. The van der Waals surface area contributed by atoms with Gasteiger partial charge in [-0.05, 0) is 37.1 Å². The van der Waals surface area contributed by atoms with Crippen molar-refractivity contribution in [1.29, 1.82) is 0 Å². The molecule has 4 aromatic rings. The molecule has 0 radical (unpaired) electrons. The molecule has 130 valence electrons. The van der Waals surface area contributed by atoms with E-state index in [2.05, 4.69) is 73.8 Å². The maximum absolute atomic E-state index is 4.91. The average Bonchev–Trinajstić information content (AvgIpc) is 3.04. The van der Waals surface area contributed by atoms with Gasteiger partial charge in [0.05, 0.1) is 22.8 Å². The maximum Gasteiger partial charge on any atom is 0.110 e. The van der Waals surface area contributed by atoms with Crippen LogP contribution in [-0.4, -0.2) is 19.5 Å². The summed E-state index contributed by atoms with van der Waals surface area (Å²) in [5.74, 6) is 1.07. The molecule has 2 aromatic heterocycles. The van der Waals surface area contributed by atoms with Crippen molar-refractivity contribution in [3.05, 3.63) is 88.7 Å². The van der Waals surface area contributed by atoms with Crippen LogP contribution in [0.4, 0.5) is 0 Å². The Bertz CT molecular complexity index is 1010. The summed E-state index contributed by atoms with van der Waals surface area (Å²) < 4.78 is 3.40. The van der Waals surface area contributed by atoms with Crippen molar-refractivity contribution in [2.24, 2.45) is 0 Å². The van der Waals surface area contributed by atoms with E-state index in [1.165, 1.54) is 5.56 Å². The quantitative estimate of drug-likeness (QED) is 0.469. The molecule has 2 aromatic carbocycles. The fourth-order valence-corrected chi connectivity index (χ4v) is 3.65. The van der Waals surface area contributed by atoms with Gasteiger partial charge in [0.2, 0.25) is 0 Å². The molecule has 2 heterocycles. The Hall–Kier alpha value is -2.53. The number of rotatable bonds is 5. The predicted octanol–water partition coefficient (Wildman–Crippen LogP) is 4.98. The van der Waals surface area contributed by atoms with Crippen molar-refractivity contribution < 1.29 is 0 Å². The largest absolute Gasteiger partial charge is 0.321 e. The highest BCUT2D eigenvalue weighted by Crippen LogP contribution is 2.28. The Morgan fingerprint density at radius 2 is 1.88 bits per heavy atom. The molecule has 0 saturated carbocycles. The number of benzene rings is 2. The summed E-state index contributed by atoms with van der Waals surface area (Å²) in [5.41, 5.74) is 4.42. The first kappa shape index (κ1) is 16.9. The molecule has 0 aliphatic carbocycles. The zero-order chi connectivity index (χ0) is 17.9. The average molecular weight is 407 g/mol. The molecule has 1 atom stereocenters. The minimum Gasteiger partial charge on any atom is -0.321 e. The number of aromatic nitrogens is 4. The van der Waals surface area contributed by atoms with Crippen LogP contribution in [-0.2, 0) is 12.8 Å². The smallest absolute Gasteiger partial charge is 0.110 e. The topological polar surface area (TPSA) is 43.6 Å². The molecule has 1 unspecified atom stereocenters. The van der Waals surface area contributed by atoms with Crippen molar-refractivity contribution in [2.45, 2.75) is 25.8 Å². The van der Waals surface area contributed by atoms with E-state index in [4.69, 9.17) is 4.98 Å². The number of nitrogens with zero attached hydrogens (tertiary/aromatic N) is 4. The summed E-state index contributed by atoms with van der Waals surface area (Å²) in [4.78, 5) is 13.5. The summed E-state index contributed by atoms with van der Waals surface area (Å²) in [6, 6.07) is 17.0. The summed E-state index contributed by atoms with van der Waals surface area (Å²) in [5, 5.41) is 0. The summed E-state index contributed by atoms with van der Waals surface area (Å²) in [7, 11) is 0. The molecule has 0 bridgehead atoms. The van der Waals surface area contributed by atoms with Crippen LogP contribution in [0.2, 0.25) is 0 Å². The zero-order valence-electron chi connectivity index (χ0n) is 14.5. The molecule has 0 amide bonds. The van der Waals surface area contributed by atoms with E-state index >= 15 is 0 Å². The van der Waals surface area contributed by atoms with Crippen molar-refractivity contribution >= 4 is 27.0 Å². The maximum atomic E-state index is 4.91. The number of hydrogen-bond acceptors (Lipinski definition) is 3. The van der Waals surface area contributed by atoms with Crippen LogP contribution in [0, 0.1) is 0 Å². The number of aryl methyl sites for hydroxylation is 2. The number of halogens is 1. The van der Waals surface area contributed by atoms with Gasteiger partial charge >= 0.3 is 0 Å². The van der Waals surface area contributed by atoms with Crippen molar-refractivity contribution in [3.63, 3.8) is 0 Å². The number of fused-ring (bicyclic) bond motifs is 1. The SMILES string of the molecule is CC(c1ccccc1)n1c(CCc2cnccn2)nc2ccc(Br)cc21. The van der Waals surface area contributed by atoms with E-state index in [1.807, 2.05) is 18.3 Å². The molecule has 0 spiro atoms. The highest BCUT2D eigenvalue weighted by Gasteiger charge is 2.17. The monoisotopic (exact) mass is 406 g/mol. The van der Waals surface area contributed by atoms with Gasteiger partial charge in [0, 0.05) is 29.5 Å². The second kappa shape index (κ2) is 7.38. The highest BCUT2D eigenvalue weighted by atomic mass is 79.9. The third kappa shape index (κ3) is 3.40. The second-order valence-electron chi connectivity index (χ2n) is 6.31. The van der Waals surface area contributed by atoms with Crippen LogP contribution < -0.4 is 0 Å². The Labute approximate surface area is 161 Å². The second-order valence-corrected chi connectivity index (χ2v) is 7.23. The fraction of sp³-hybridized carbons (Fsp3) is 0.190. The Kier molecular flexibility index (Phi) is 4.80. The van der Waals surface area contributed by atoms with Gasteiger partial charge in [-0.25, -0.2) is 4.98 Å². The molecule has 4 nitrogen and oxygen atoms in total. The summed E-state index contributed by atoms with van der Waals surface area (Å²) in [6.07, 6.45) is 6.90. The first-order chi connectivity index (χ1) is 12.7. The molecule has 0 fully saturated rings. The predicted molar refractivity (Wildman–Crippen MR) is 107 cm³/mol. The lowest BCUT2D eigenvalue weighted by atomic mass is 10.1. The van der Waals surface area contributed by atoms with Crippen LogP contribution in [0.5, 0.6) is 0 Å². The molecule has 0 aliphatic rings. The lowest BCUT2D eigenvalue weighted by Crippen LogP contribution is -2.12. The van der Waals surface area contributed by atoms with Gasteiger partial charge in [-0.2, -0.15) is 0 Å². The van der Waals surface area contributed by atoms with Gasteiger partial charge in [-0.15, -0.1) is 0 Å². The Morgan fingerprint density at radius 3 is 2.65 bits per heavy atom. The molecule has 0 aliphatic heterocycles. The van der Waals surface area contributed by atoms with Crippen LogP contribution >= 0.6 is 15.9 Å². The molecule has 0 N–H and O–H groups in total. The van der Waals surface area contributed by atoms with Crippen molar-refractivity contribution in [2.75, 3.05) is 0 Å². The normalized spacial score (nSPS) is 12.4. The van der Waals surface area contributed by atoms with Crippen molar-refractivity contribution in [3.8, 4) is 0 Å². The lowest BCUT2D eigenvalue weighted by Gasteiger charge is -2.18. The van der Waals surface area contributed by atoms with Crippen molar-refractivity contribution in [1.82, 2.24) is 19.5 Å². The third-order valence-electron chi connectivity index (χ3n) is 4.62. The van der Waals surface area contributed by atoms with Gasteiger partial charge in [-0.1, -0.05) is 46.3 Å². The summed E-state index contributed by atoms with van der Waals surface area (Å²) >= 11 is 3.60. The molecule has 4 rings (SSSR count). The Morgan fingerprint density at radius 1 is 1.04 bits per heavy atom. The van der Waals surface area contributed by atoms with Gasteiger partial charge in [0.25, 0.3) is 0 Å². The lowest BCUT2D eigenvalue weighted by molar-refractivity contribution is 0.613. The first-order valence-corrected chi connectivity index (χ1v) is 9.48. The number of imidazole rings is 1. The summed E-state index contributed by atoms with van der Waals surface area (Å²) in [6.45, 7) is 2.23. The van der Waals surface area contributed by atoms with Gasteiger partial charge < -0.3 is 4.57 Å². The highest BCUT2D eigenvalue weighted by molar-refractivity contribution is 9.10. The van der Waals surface area contributed by atoms with Gasteiger partial charge in [0.1, 0.15) is 5.82 Å². The van der Waals surface area contributed by atoms with E-state index in [-0.39, 0.29) is 6.04 Å². The third-order valence-corrected chi connectivity index (χ3v) is 5.11. The standard InChI is InChI=1S/C21H19BrN4/c1-15(16-5-3-2-4-6-16)26-20-13-17(22)7-9-19(20)25-21(26)10-8-18-14-23-11-12-24-18/h2-7,9,11-15H,8,10H2,1H3. The van der Waals surface area contributed by atoms with Crippen LogP contribution in [0.3, 0.4) is 0 Å². The molecule has 0 saturated heterocycles. The van der Waals surface area contributed by atoms with E-state index in [9.17, 15) is 0 Å². The van der Waals surface area contributed by atoms with Crippen LogP contribution in [0.15, 0.2) is 71.6 Å². The minimum absolute atomic E-state index is 0.201. The minimum atomic E-state index is 0.201. The van der Waals surface area contributed by atoms with Gasteiger partial charge in [-0.3, -0.25) is 9.97 Å². The molecule has 26 heavy (non-hydrogen) atoms. The van der Waals surface area contributed by atoms with Crippen LogP contribution in [0.25, 0.3) is 11.0 Å². The van der Waals surface area contributed by atoms with E-state index in [0.29, 0.717) is 0 Å². The van der Waals surface area contributed by atoms with E-state index in [0.717, 1.165) is 39.9 Å². The fourth-order valence-electron chi connectivity index (χ4n) is 3.30. The van der Waals surface area contributed by atoms with E-state index < -0.39 is 0 Å². The zero-order valence-corrected chi connectivity index (χ0v) is 16.1.